The summed E-state index contributed by atoms with van der Waals surface area (Å²) in [5, 5.41) is 87.8. The molecule has 14 nitrogen and oxygen atoms in total. The molecule has 0 aromatic carbocycles. The summed E-state index contributed by atoms with van der Waals surface area (Å²) in [5.41, 5.74) is 0. The molecule has 612 valence electrons. The first kappa shape index (κ1) is 98.2. The van der Waals surface area contributed by atoms with E-state index in [2.05, 4.69) is 92.1 Å². The standard InChI is InChI=1S/C91H165NO13/c1-3-5-7-9-11-13-15-17-19-21-23-25-27-29-31-33-35-36-37-38-39-40-41-42-43-44-45-47-49-51-53-55-57-59-61-63-65-67-69-71-73-75-83(96)92-79(78-102-90-88(101)86(99)89(82(77-94)104-90)105-91-87(100)85(98)84(97)81(76-93)103-91)80(95)74-72-70-68-66-64-62-60-58-56-54-52-50-48-46-34-32-30-28-26-24-22-20-18-16-14-12-10-8-6-4-2/h5,7,11,13,17,19,23,25,56,58,64,66,72,74,79-82,84-91,93-95,97-101H,3-4,6,8-10,12,14-16,18,20-22,24,26-55,57,59-63,65,67-71,73,75-78H2,1-2H3,(H,92,96)/b7-5-,13-11-,19-17-,25-23-,58-56+,66-64+,74-72+. The van der Waals surface area contributed by atoms with Crippen LogP contribution in [0.25, 0.3) is 0 Å². The van der Waals surface area contributed by atoms with Crippen LogP contribution in [-0.4, -0.2) is 140 Å². The van der Waals surface area contributed by atoms with Crippen LogP contribution in [0.15, 0.2) is 85.1 Å². The second kappa shape index (κ2) is 73.9. The summed E-state index contributed by atoms with van der Waals surface area (Å²) >= 11 is 0. The number of carbonyl (C=O) groups excluding carboxylic acids is 1. The summed E-state index contributed by atoms with van der Waals surface area (Å²) in [6, 6.07) is -0.942. The minimum Gasteiger partial charge on any atom is -0.394 e. The highest BCUT2D eigenvalue weighted by Gasteiger charge is 2.51. The Morgan fingerprint density at radius 3 is 1.05 bits per heavy atom. The van der Waals surface area contributed by atoms with E-state index in [0.717, 1.165) is 70.6 Å². The third-order valence-corrected chi connectivity index (χ3v) is 21.3. The Balaban J connectivity index is 1.57. The average Bonchev–Trinajstić information content (AvgIpc) is 0.769. The molecular formula is C91H165NO13. The van der Waals surface area contributed by atoms with E-state index in [0.29, 0.717) is 12.8 Å². The molecule has 9 N–H and O–H groups in total. The Kier molecular flexibility index (Phi) is 69.2. The van der Waals surface area contributed by atoms with Gasteiger partial charge in [0.05, 0.1) is 32.0 Å². The fourth-order valence-corrected chi connectivity index (χ4v) is 14.4. The Labute approximate surface area is 643 Å². The smallest absolute Gasteiger partial charge is 0.220 e. The van der Waals surface area contributed by atoms with E-state index in [9.17, 15) is 45.6 Å². The van der Waals surface area contributed by atoms with Crippen LogP contribution in [0.5, 0.6) is 0 Å². The van der Waals surface area contributed by atoms with Crippen LogP contribution >= 0.6 is 0 Å². The number of hydrogen-bond acceptors (Lipinski definition) is 13. The van der Waals surface area contributed by atoms with Crippen molar-refractivity contribution in [1.29, 1.82) is 0 Å². The molecule has 12 atom stereocenters. The largest absolute Gasteiger partial charge is 0.394 e. The van der Waals surface area contributed by atoms with Gasteiger partial charge in [0, 0.05) is 6.42 Å². The molecule has 0 radical (unpaired) electrons. The van der Waals surface area contributed by atoms with Gasteiger partial charge in [0.15, 0.2) is 12.6 Å². The molecule has 105 heavy (non-hydrogen) atoms. The van der Waals surface area contributed by atoms with Crippen LogP contribution in [0.4, 0.5) is 0 Å². The molecule has 2 aliphatic rings. The van der Waals surface area contributed by atoms with Gasteiger partial charge in [0.25, 0.3) is 0 Å². The van der Waals surface area contributed by atoms with E-state index in [1.165, 1.54) is 289 Å². The van der Waals surface area contributed by atoms with Gasteiger partial charge in [-0.1, -0.05) is 388 Å². The molecular weight excluding hydrogens is 1310 g/mol. The molecule has 14 heteroatoms. The summed E-state index contributed by atoms with van der Waals surface area (Å²) in [4.78, 5) is 13.4. The number of aliphatic hydroxyl groups is 8. The summed E-state index contributed by atoms with van der Waals surface area (Å²) in [5.74, 6) is -0.247. The molecule has 0 bridgehead atoms. The molecule has 12 unspecified atom stereocenters. The van der Waals surface area contributed by atoms with Gasteiger partial charge in [-0.05, 0) is 83.5 Å². The zero-order chi connectivity index (χ0) is 75.8. The molecule has 0 aromatic rings. The Morgan fingerprint density at radius 2 is 0.667 bits per heavy atom. The van der Waals surface area contributed by atoms with Gasteiger partial charge in [-0.25, -0.2) is 0 Å². The van der Waals surface area contributed by atoms with Gasteiger partial charge < -0.3 is 65.1 Å². The van der Waals surface area contributed by atoms with Gasteiger partial charge in [-0.3, -0.25) is 4.79 Å². The molecule has 0 aromatic heterocycles. The normalized spacial score (nSPS) is 21.8. The van der Waals surface area contributed by atoms with E-state index < -0.39 is 86.8 Å². The van der Waals surface area contributed by atoms with Crippen LogP contribution in [0.3, 0.4) is 0 Å². The highest BCUT2D eigenvalue weighted by molar-refractivity contribution is 5.76. The van der Waals surface area contributed by atoms with Gasteiger partial charge in [0.2, 0.25) is 5.91 Å². The number of amides is 1. The van der Waals surface area contributed by atoms with Gasteiger partial charge in [-0.2, -0.15) is 0 Å². The SMILES string of the molecule is CC/C=C\C/C=C\C/C=C\C/C=C\CCCCCCCCCCCCCCCCCCCCCCCCCCCCCCC(=O)NC(COC1OC(CO)C(OC2OC(CO)C(O)C(O)C2O)C(O)C1O)C(O)/C=C/CC/C=C/CC/C=C/CCCCCCCCCCCCCCCCCCCCCC. The monoisotopic (exact) mass is 1480 g/mol. The number of rotatable bonds is 75. The maximum Gasteiger partial charge on any atom is 0.220 e. The van der Waals surface area contributed by atoms with Crippen molar-refractivity contribution in [2.24, 2.45) is 0 Å². The number of unbranched alkanes of at least 4 members (excludes halogenated alkanes) is 50. The number of nitrogens with one attached hydrogen (secondary N) is 1. The zero-order valence-corrected chi connectivity index (χ0v) is 67.5. The van der Waals surface area contributed by atoms with Crippen LogP contribution in [0.1, 0.15) is 393 Å². The van der Waals surface area contributed by atoms with E-state index >= 15 is 0 Å². The quantitative estimate of drug-likeness (QED) is 0.0204. The van der Waals surface area contributed by atoms with E-state index in [4.69, 9.17) is 18.9 Å². The van der Waals surface area contributed by atoms with Gasteiger partial charge in [0.1, 0.15) is 48.8 Å². The third kappa shape index (κ3) is 56.1. The molecule has 0 spiro atoms. The van der Waals surface area contributed by atoms with Gasteiger partial charge in [-0.15, -0.1) is 0 Å². The lowest BCUT2D eigenvalue weighted by atomic mass is 9.97. The second-order valence-corrected chi connectivity index (χ2v) is 31.0. The Hall–Kier alpha value is -2.83. The van der Waals surface area contributed by atoms with Crippen molar-refractivity contribution in [3.63, 3.8) is 0 Å². The average molecular weight is 1480 g/mol. The fraction of sp³-hybridized carbons (Fsp3) is 0.835. The topological polar surface area (TPSA) is 228 Å². The molecule has 0 aliphatic carbocycles. The Bertz CT molecular complexity index is 2090. The number of allylic oxidation sites excluding steroid dienone is 13. The molecule has 0 saturated carbocycles. The summed E-state index contributed by atoms with van der Waals surface area (Å²) in [6.45, 7) is 2.72. The van der Waals surface area contributed by atoms with Crippen molar-refractivity contribution < 1.29 is 64.6 Å². The third-order valence-electron chi connectivity index (χ3n) is 21.3. The molecule has 2 rings (SSSR count). The lowest BCUT2D eigenvalue weighted by Crippen LogP contribution is -2.65. The van der Waals surface area contributed by atoms with Crippen molar-refractivity contribution in [2.45, 2.75) is 466 Å². The zero-order valence-electron chi connectivity index (χ0n) is 67.5. The van der Waals surface area contributed by atoms with Crippen LogP contribution in [0, 0.1) is 0 Å². The number of ether oxygens (including phenoxy) is 4. The molecule has 2 aliphatic heterocycles. The van der Waals surface area contributed by atoms with Crippen molar-refractivity contribution in [2.75, 3.05) is 19.8 Å². The molecule has 2 fully saturated rings. The van der Waals surface area contributed by atoms with Gasteiger partial charge >= 0.3 is 0 Å². The molecule has 2 heterocycles. The lowest BCUT2D eigenvalue weighted by Gasteiger charge is -2.46. The van der Waals surface area contributed by atoms with E-state index in [-0.39, 0.29) is 18.9 Å². The number of hydrogen-bond donors (Lipinski definition) is 9. The fourth-order valence-electron chi connectivity index (χ4n) is 14.4. The summed E-state index contributed by atoms with van der Waals surface area (Å²) in [7, 11) is 0. The van der Waals surface area contributed by atoms with Crippen molar-refractivity contribution in [3.05, 3.63) is 85.1 Å². The van der Waals surface area contributed by atoms with E-state index in [1.807, 2.05) is 6.08 Å². The Morgan fingerprint density at radius 1 is 0.352 bits per heavy atom. The van der Waals surface area contributed by atoms with Crippen LogP contribution in [-0.2, 0) is 23.7 Å². The van der Waals surface area contributed by atoms with Crippen LogP contribution < -0.4 is 5.32 Å². The number of aliphatic hydroxyl groups excluding tert-OH is 8. The van der Waals surface area contributed by atoms with E-state index in [1.54, 1.807) is 6.08 Å². The maximum absolute atomic E-state index is 13.4. The minimum absolute atomic E-state index is 0.247. The first-order valence-corrected chi connectivity index (χ1v) is 44.3. The minimum atomic E-state index is -1.80. The first-order chi connectivity index (χ1) is 51.6. The highest BCUT2D eigenvalue weighted by Crippen LogP contribution is 2.30. The summed E-state index contributed by atoms with van der Waals surface area (Å²) in [6.07, 6.45) is 88.5. The van der Waals surface area contributed by atoms with Crippen LogP contribution in [0.2, 0.25) is 0 Å². The predicted octanol–water partition coefficient (Wildman–Crippen LogP) is 21.4. The first-order valence-electron chi connectivity index (χ1n) is 44.3. The predicted molar refractivity (Wildman–Crippen MR) is 438 cm³/mol. The lowest BCUT2D eigenvalue weighted by molar-refractivity contribution is -0.359. The van der Waals surface area contributed by atoms with Crippen molar-refractivity contribution in [3.8, 4) is 0 Å². The van der Waals surface area contributed by atoms with Crippen molar-refractivity contribution >= 4 is 5.91 Å². The highest BCUT2D eigenvalue weighted by atomic mass is 16.7. The number of carbonyl (C=O) groups is 1. The summed E-state index contributed by atoms with van der Waals surface area (Å²) < 4.78 is 22.9. The molecule has 1 amide bonds. The molecule has 2 saturated heterocycles. The maximum atomic E-state index is 13.4. The van der Waals surface area contributed by atoms with Crippen molar-refractivity contribution in [1.82, 2.24) is 5.32 Å². The second-order valence-electron chi connectivity index (χ2n) is 31.0.